The number of sulfonamides is 1. The van der Waals surface area contributed by atoms with Crippen molar-refractivity contribution in [2.24, 2.45) is 7.05 Å². The monoisotopic (exact) mass is 485 g/mol. The predicted octanol–water partition coefficient (Wildman–Crippen LogP) is 3.35. The van der Waals surface area contributed by atoms with Crippen molar-refractivity contribution < 1.29 is 22.0 Å². The van der Waals surface area contributed by atoms with Gasteiger partial charge in [-0.05, 0) is 54.8 Å². The summed E-state index contributed by atoms with van der Waals surface area (Å²) in [5.74, 6) is -2.87. The van der Waals surface area contributed by atoms with Crippen molar-refractivity contribution in [3.05, 3.63) is 89.0 Å². The van der Waals surface area contributed by atoms with Gasteiger partial charge in [-0.1, -0.05) is 12.1 Å². The van der Waals surface area contributed by atoms with Crippen LogP contribution < -0.4 is 4.72 Å². The number of rotatable bonds is 6. The lowest BCUT2D eigenvalue weighted by molar-refractivity contribution is 0.0977. The molecule has 8 nitrogen and oxygen atoms in total. The highest BCUT2D eigenvalue weighted by Gasteiger charge is 2.25. The SMILES string of the molecule is Cc1cc(Cn2cccn2)cc(S(=O)(=O)NC(=O)c2cn(C)c(-c3c(F)cccc3F)n2)c1C. The molecule has 4 rings (SSSR count). The number of carbonyl (C=O) groups excluding carboxylic acids is 1. The lowest BCUT2D eigenvalue weighted by Gasteiger charge is -2.13. The largest absolute Gasteiger partial charge is 0.333 e. The maximum absolute atomic E-state index is 14.2. The number of aromatic nitrogens is 4. The summed E-state index contributed by atoms with van der Waals surface area (Å²) in [7, 11) is -2.82. The quantitative estimate of drug-likeness (QED) is 0.452. The Balaban J connectivity index is 1.65. The minimum Gasteiger partial charge on any atom is -0.333 e. The summed E-state index contributed by atoms with van der Waals surface area (Å²) >= 11 is 0. The third-order valence-corrected chi connectivity index (χ3v) is 6.85. The van der Waals surface area contributed by atoms with Gasteiger partial charge in [-0.25, -0.2) is 26.9 Å². The molecule has 1 N–H and O–H groups in total. The van der Waals surface area contributed by atoms with Crippen molar-refractivity contribution in [2.75, 3.05) is 0 Å². The summed E-state index contributed by atoms with van der Waals surface area (Å²) in [4.78, 5) is 16.7. The number of aryl methyl sites for hydroxylation is 2. The third kappa shape index (κ3) is 4.46. The number of nitrogens with zero attached hydrogens (tertiary/aromatic N) is 4. The Bertz CT molecular complexity index is 1480. The Morgan fingerprint density at radius 1 is 1.12 bits per heavy atom. The zero-order valence-corrected chi connectivity index (χ0v) is 19.4. The van der Waals surface area contributed by atoms with Gasteiger partial charge in [-0.15, -0.1) is 0 Å². The molecular weight excluding hydrogens is 464 g/mol. The molecule has 11 heteroatoms. The highest BCUT2D eigenvalue weighted by molar-refractivity contribution is 7.90. The van der Waals surface area contributed by atoms with Crippen LogP contribution >= 0.6 is 0 Å². The molecule has 0 radical (unpaired) electrons. The number of carbonyl (C=O) groups is 1. The Labute approximate surface area is 194 Å². The van der Waals surface area contributed by atoms with E-state index in [1.165, 1.54) is 29.9 Å². The maximum atomic E-state index is 14.2. The Kier molecular flexibility index (Phi) is 6.05. The number of imidazole rings is 1. The van der Waals surface area contributed by atoms with Crippen LogP contribution in [0.5, 0.6) is 0 Å². The lowest BCUT2D eigenvalue weighted by atomic mass is 10.1. The molecule has 0 saturated heterocycles. The first kappa shape index (κ1) is 23.3. The van der Waals surface area contributed by atoms with Gasteiger partial charge < -0.3 is 4.57 Å². The Morgan fingerprint density at radius 3 is 2.47 bits per heavy atom. The molecule has 0 atom stereocenters. The van der Waals surface area contributed by atoms with E-state index in [1.807, 2.05) is 10.8 Å². The molecule has 0 spiro atoms. The van der Waals surface area contributed by atoms with Crippen LogP contribution in [-0.4, -0.2) is 33.7 Å². The lowest BCUT2D eigenvalue weighted by Crippen LogP contribution is -2.31. The van der Waals surface area contributed by atoms with Gasteiger partial charge in [0.25, 0.3) is 15.9 Å². The first-order chi connectivity index (χ1) is 16.1. The topological polar surface area (TPSA) is 98.9 Å². The normalized spacial score (nSPS) is 11.6. The molecule has 0 saturated carbocycles. The Hall–Kier alpha value is -3.86. The van der Waals surface area contributed by atoms with Gasteiger partial charge in [0.05, 0.1) is 17.0 Å². The second kappa shape index (κ2) is 8.82. The van der Waals surface area contributed by atoms with E-state index < -0.39 is 33.1 Å². The van der Waals surface area contributed by atoms with E-state index in [0.29, 0.717) is 17.7 Å². The zero-order valence-electron chi connectivity index (χ0n) is 18.6. The molecular formula is C23H21F2N5O3S. The van der Waals surface area contributed by atoms with Gasteiger partial charge in [0.2, 0.25) is 0 Å². The number of hydrogen-bond donors (Lipinski definition) is 1. The van der Waals surface area contributed by atoms with Crippen LogP contribution in [0.2, 0.25) is 0 Å². The fraction of sp³-hybridized carbons (Fsp3) is 0.174. The Morgan fingerprint density at radius 2 is 1.82 bits per heavy atom. The maximum Gasteiger partial charge on any atom is 0.285 e. The van der Waals surface area contributed by atoms with E-state index >= 15 is 0 Å². The summed E-state index contributed by atoms with van der Waals surface area (Å²) < 4.78 is 59.5. The predicted molar refractivity (Wildman–Crippen MR) is 120 cm³/mol. The molecule has 2 aromatic carbocycles. The molecule has 0 aliphatic heterocycles. The van der Waals surface area contributed by atoms with Gasteiger partial charge >= 0.3 is 0 Å². The van der Waals surface area contributed by atoms with Crippen molar-refractivity contribution in [1.82, 2.24) is 24.1 Å². The first-order valence-electron chi connectivity index (χ1n) is 10.2. The van der Waals surface area contributed by atoms with Crippen LogP contribution in [0.15, 0.2) is 59.9 Å². The summed E-state index contributed by atoms with van der Waals surface area (Å²) in [6.07, 6.45) is 4.58. The molecule has 176 valence electrons. The molecule has 0 fully saturated rings. The molecule has 2 aromatic heterocycles. The van der Waals surface area contributed by atoms with E-state index in [2.05, 4.69) is 10.1 Å². The second-order valence-corrected chi connectivity index (χ2v) is 9.48. The molecule has 1 amide bonds. The standard InChI is InChI=1S/C23H21F2N5O3S/c1-14-10-16(12-30-9-5-8-26-30)11-20(15(14)2)34(32,33)28-23(31)19-13-29(3)22(27-19)21-17(24)6-4-7-18(21)25/h4-11,13H,12H2,1-3H3,(H,28,31). The number of benzene rings is 2. The molecule has 0 bridgehead atoms. The van der Waals surface area contributed by atoms with Crippen LogP contribution in [0.1, 0.15) is 27.2 Å². The molecule has 34 heavy (non-hydrogen) atoms. The smallest absolute Gasteiger partial charge is 0.285 e. The molecule has 2 heterocycles. The minimum atomic E-state index is -4.27. The van der Waals surface area contributed by atoms with Crippen LogP contribution in [0.3, 0.4) is 0 Å². The fourth-order valence-corrected chi connectivity index (χ4v) is 4.93. The van der Waals surface area contributed by atoms with Crippen LogP contribution in [0.25, 0.3) is 11.4 Å². The average molecular weight is 486 g/mol. The van der Waals surface area contributed by atoms with Gasteiger partial charge in [-0.3, -0.25) is 9.48 Å². The van der Waals surface area contributed by atoms with Crippen LogP contribution in [0, 0.1) is 25.5 Å². The molecule has 4 aromatic rings. The molecule has 0 unspecified atom stereocenters. The first-order valence-corrected chi connectivity index (χ1v) is 11.7. The van der Waals surface area contributed by atoms with E-state index in [9.17, 15) is 22.0 Å². The minimum absolute atomic E-state index is 0.0562. The van der Waals surface area contributed by atoms with Gasteiger partial charge in [-0.2, -0.15) is 5.10 Å². The third-order valence-electron chi connectivity index (χ3n) is 5.40. The second-order valence-electron chi connectivity index (χ2n) is 7.83. The molecule has 0 aliphatic rings. The molecule has 0 aliphatic carbocycles. The number of hydrogen-bond acceptors (Lipinski definition) is 5. The number of amides is 1. The van der Waals surface area contributed by atoms with E-state index in [4.69, 9.17) is 0 Å². The number of halogens is 2. The van der Waals surface area contributed by atoms with Gasteiger partial charge in [0.15, 0.2) is 0 Å². The van der Waals surface area contributed by atoms with Crippen LogP contribution in [0.4, 0.5) is 8.78 Å². The summed E-state index contributed by atoms with van der Waals surface area (Å²) in [5, 5.41) is 4.12. The van der Waals surface area contributed by atoms with Crippen molar-refractivity contribution in [3.8, 4) is 11.4 Å². The van der Waals surface area contributed by atoms with Crippen molar-refractivity contribution >= 4 is 15.9 Å². The highest BCUT2D eigenvalue weighted by Crippen LogP contribution is 2.26. The zero-order chi connectivity index (χ0) is 24.6. The summed E-state index contributed by atoms with van der Waals surface area (Å²) in [6.45, 7) is 3.77. The van der Waals surface area contributed by atoms with Crippen LogP contribution in [-0.2, 0) is 23.6 Å². The van der Waals surface area contributed by atoms with Crippen molar-refractivity contribution in [1.29, 1.82) is 0 Å². The van der Waals surface area contributed by atoms with E-state index in [-0.39, 0.29) is 16.4 Å². The number of nitrogens with one attached hydrogen (secondary N) is 1. The summed E-state index contributed by atoms with van der Waals surface area (Å²) in [6, 6.07) is 8.44. The van der Waals surface area contributed by atoms with Crippen molar-refractivity contribution in [2.45, 2.75) is 25.3 Å². The fourth-order valence-electron chi connectivity index (χ4n) is 3.60. The van der Waals surface area contributed by atoms with Gasteiger partial charge in [0.1, 0.15) is 23.2 Å². The van der Waals surface area contributed by atoms with Gasteiger partial charge in [0, 0.05) is 25.6 Å². The van der Waals surface area contributed by atoms with E-state index in [0.717, 1.165) is 17.7 Å². The van der Waals surface area contributed by atoms with Crippen molar-refractivity contribution in [3.63, 3.8) is 0 Å². The summed E-state index contributed by atoms with van der Waals surface area (Å²) in [5.41, 5.74) is 1.19. The van der Waals surface area contributed by atoms with E-state index in [1.54, 1.807) is 37.0 Å². The average Bonchev–Trinajstić information content (AvgIpc) is 3.40. The highest BCUT2D eigenvalue weighted by atomic mass is 32.2.